The highest BCUT2D eigenvalue weighted by molar-refractivity contribution is 5.78. The molecule has 0 spiro atoms. The van der Waals surface area contributed by atoms with Gasteiger partial charge in [0, 0.05) is 32.1 Å². The summed E-state index contributed by atoms with van der Waals surface area (Å²) in [6.07, 6.45) is 3.11. The average molecular weight is 345 g/mol. The standard InChI is InChI=1S/C19H27N3O3/c1-4-11-20-18(24)14-22-12-9-19(10-13-22,21-15(2)23)16-7-5-6-8-17(16)25-3/h4-8H,1,9-14H2,2-3H3,(H,20,24)(H,21,23). The summed E-state index contributed by atoms with van der Waals surface area (Å²) >= 11 is 0. The Balaban J connectivity index is 2.12. The lowest BCUT2D eigenvalue weighted by atomic mass is 9.80. The van der Waals surface area contributed by atoms with E-state index < -0.39 is 5.54 Å². The van der Waals surface area contributed by atoms with E-state index in [1.54, 1.807) is 13.2 Å². The van der Waals surface area contributed by atoms with Gasteiger partial charge in [0.2, 0.25) is 11.8 Å². The number of nitrogens with one attached hydrogen (secondary N) is 2. The molecule has 1 aliphatic heterocycles. The van der Waals surface area contributed by atoms with Gasteiger partial charge in [-0.25, -0.2) is 0 Å². The Labute approximate surface area is 149 Å². The zero-order chi connectivity index (χ0) is 18.3. The fraction of sp³-hybridized carbons (Fsp3) is 0.474. The van der Waals surface area contributed by atoms with Crippen molar-refractivity contribution in [2.24, 2.45) is 0 Å². The first-order valence-electron chi connectivity index (χ1n) is 8.53. The maximum absolute atomic E-state index is 11.9. The molecule has 2 amide bonds. The van der Waals surface area contributed by atoms with Crippen molar-refractivity contribution in [1.82, 2.24) is 15.5 Å². The minimum Gasteiger partial charge on any atom is -0.496 e. The lowest BCUT2D eigenvalue weighted by Gasteiger charge is -2.43. The van der Waals surface area contributed by atoms with Crippen molar-refractivity contribution in [3.8, 4) is 5.75 Å². The van der Waals surface area contributed by atoms with Crippen LogP contribution in [0, 0.1) is 0 Å². The summed E-state index contributed by atoms with van der Waals surface area (Å²) < 4.78 is 5.50. The zero-order valence-electron chi connectivity index (χ0n) is 15.0. The third-order valence-corrected chi connectivity index (χ3v) is 4.56. The summed E-state index contributed by atoms with van der Waals surface area (Å²) in [5, 5.41) is 5.93. The summed E-state index contributed by atoms with van der Waals surface area (Å²) in [5.74, 6) is 0.695. The van der Waals surface area contributed by atoms with Crippen LogP contribution in [0.5, 0.6) is 5.75 Å². The largest absolute Gasteiger partial charge is 0.496 e. The highest BCUT2D eigenvalue weighted by atomic mass is 16.5. The molecular formula is C19H27N3O3. The van der Waals surface area contributed by atoms with Crippen molar-refractivity contribution >= 4 is 11.8 Å². The van der Waals surface area contributed by atoms with E-state index in [0.29, 0.717) is 13.1 Å². The van der Waals surface area contributed by atoms with Gasteiger partial charge in [-0.1, -0.05) is 24.3 Å². The van der Waals surface area contributed by atoms with E-state index in [2.05, 4.69) is 22.1 Å². The van der Waals surface area contributed by atoms with Gasteiger partial charge in [-0.05, 0) is 18.9 Å². The van der Waals surface area contributed by atoms with Crippen LogP contribution in [0.25, 0.3) is 0 Å². The number of ether oxygens (including phenoxy) is 1. The van der Waals surface area contributed by atoms with Crippen LogP contribution in [0.1, 0.15) is 25.3 Å². The second-order valence-corrected chi connectivity index (χ2v) is 6.33. The van der Waals surface area contributed by atoms with Crippen molar-refractivity contribution in [3.05, 3.63) is 42.5 Å². The number of carbonyl (C=O) groups is 2. The Hall–Kier alpha value is -2.34. The van der Waals surface area contributed by atoms with Crippen LogP contribution in [0.3, 0.4) is 0 Å². The molecule has 0 unspecified atom stereocenters. The smallest absolute Gasteiger partial charge is 0.234 e. The maximum Gasteiger partial charge on any atom is 0.234 e. The van der Waals surface area contributed by atoms with Crippen LogP contribution in [0.4, 0.5) is 0 Å². The number of rotatable bonds is 7. The molecule has 0 aromatic heterocycles. The summed E-state index contributed by atoms with van der Waals surface area (Å²) in [7, 11) is 1.64. The van der Waals surface area contributed by atoms with Crippen LogP contribution in [-0.4, -0.2) is 50.0 Å². The van der Waals surface area contributed by atoms with Crippen LogP contribution in [0.2, 0.25) is 0 Å². The van der Waals surface area contributed by atoms with Crippen LogP contribution in [-0.2, 0) is 15.1 Å². The molecule has 0 bridgehead atoms. The molecule has 0 radical (unpaired) electrons. The first kappa shape index (κ1) is 19.0. The number of piperidine rings is 1. The number of benzene rings is 1. The predicted molar refractivity (Wildman–Crippen MR) is 97.4 cm³/mol. The van der Waals surface area contributed by atoms with E-state index >= 15 is 0 Å². The van der Waals surface area contributed by atoms with Crippen molar-refractivity contribution in [1.29, 1.82) is 0 Å². The highest BCUT2D eigenvalue weighted by Crippen LogP contribution is 2.38. The van der Waals surface area contributed by atoms with Gasteiger partial charge in [-0.15, -0.1) is 6.58 Å². The summed E-state index contributed by atoms with van der Waals surface area (Å²) in [6.45, 7) is 7.41. The van der Waals surface area contributed by atoms with E-state index in [9.17, 15) is 9.59 Å². The summed E-state index contributed by atoms with van der Waals surface area (Å²) in [5.41, 5.74) is 0.524. The Kier molecular flexibility index (Phi) is 6.58. The van der Waals surface area contributed by atoms with Gasteiger partial charge in [0.1, 0.15) is 5.75 Å². The summed E-state index contributed by atoms with van der Waals surface area (Å²) in [6, 6.07) is 7.79. The molecule has 1 aromatic carbocycles. The molecule has 0 atom stereocenters. The van der Waals surface area contributed by atoms with Crippen LogP contribution in [0.15, 0.2) is 36.9 Å². The first-order chi connectivity index (χ1) is 12.0. The van der Waals surface area contributed by atoms with Gasteiger partial charge >= 0.3 is 0 Å². The molecule has 6 nitrogen and oxygen atoms in total. The topological polar surface area (TPSA) is 70.7 Å². The quantitative estimate of drug-likeness (QED) is 0.734. The number of methoxy groups -OCH3 is 1. The number of hydrogen-bond acceptors (Lipinski definition) is 4. The van der Waals surface area contributed by atoms with Gasteiger partial charge in [0.15, 0.2) is 0 Å². The van der Waals surface area contributed by atoms with Crippen molar-refractivity contribution in [3.63, 3.8) is 0 Å². The normalized spacial score (nSPS) is 16.7. The number of likely N-dealkylation sites (tertiary alicyclic amines) is 1. The fourth-order valence-corrected chi connectivity index (χ4v) is 3.38. The molecule has 0 aliphatic carbocycles. The molecule has 25 heavy (non-hydrogen) atoms. The lowest BCUT2D eigenvalue weighted by Crippen LogP contribution is -2.54. The molecule has 1 saturated heterocycles. The molecule has 136 valence electrons. The van der Waals surface area contributed by atoms with E-state index in [1.807, 2.05) is 24.3 Å². The molecule has 0 saturated carbocycles. The molecule has 1 heterocycles. The van der Waals surface area contributed by atoms with E-state index in [1.165, 1.54) is 6.92 Å². The average Bonchev–Trinajstić information content (AvgIpc) is 2.61. The number of hydrogen-bond donors (Lipinski definition) is 2. The Bertz CT molecular complexity index is 622. The molecule has 1 fully saturated rings. The second-order valence-electron chi connectivity index (χ2n) is 6.33. The van der Waals surface area contributed by atoms with Gasteiger partial charge in [0.25, 0.3) is 0 Å². The minimum atomic E-state index is -0.466. The van der Waals surface area contributed by atoms with Crippen molar-refractivity contribution in [2.75, 3.05) is 33.3 Å². The SMILES string of the molecule is C=CCNC(=O)CN1CCC(NC(C)=O)(c2ccccc2OC)CC1. The predicted octanol–water partition coefficient (Wildman–Crippen LogP) is 1.42. The van der Waals surface area contributed by atoms with Crippen LogP contribution >= 0.6 is 0 Å². The van der Waals surface area contributed by atoms with Crippen LogP contribution < -0.4 is 15.4 Å². The number of carbonyl (C=O) groups excluding carboxylic acids is 2. The molecule has 1 aliphatic rings. The maximum atomic E-state index is 11.9. The summed E-state index contributed by atoms with van der Waals surface area (Å²) in [4.78, 5) is 25.8. The first-order valence-corrected chi connectivity index (χ1v) is 8.53. The van der Waals surface area contributed by atoms with Gasteiger partial charge < -0.3 is 15.4 Å². The molecule has 2 rings (SSSR count). The van der Waals surface area contributed by atoms with E-state index in [0.717, 1.165) is 37.2 Å². The van der Waals surface area contributed by atoms with Gasteiger partial charge in [-0.2, -0.15) is 0 Å². The monoisotopic (exact) mass is 345 g/mol. The zero-order valence-corrected chi connectivity index (χ0v) is 15.0. The molecule has 2 N–H and O–H groups in total. The van der Waals surface area contributed by atoms with Gasteiger partial charge in [0.05, 0.1) is 19.2 Å². The van der Waals surface area contributed by atoms with E-state index in [-0.39, 0.29) is 11.8 Å². The van der Waals surface area contributed by atoms with Crippen molar-refractivity contribution in [2.45, 2.75) is 25.3 Å². The number of amides is 2. The van der Waals surface area contributed by atoms with Gasteiger partial charge in [-0.3, -0.25) is 14.5 Å². The minimum absolute atomic E-state index is 0.00998. The number of para-hydroxylation sites is 1. The molecule has 6 heteroatoms. The Morgan fingerprint density at radius 2 is 2.00 bits per heavy atom. The Morgan fingerprint density at radius 3 is 2.60 bits per heavy atom. The lowest BCUT2D eigenvalue weighted by molar-refractivity contribution is -0.124. The fourth-order valence-electron chi connectivity index (χ4n) is 3.38. The third kappa shape index (κ3) is 4.82. The Morgan fingerprint density at radius 1 is 1.32 bits per heavy atom. The molecular weight excluding hydrogens is 318 g/mol. The molecule has 1 aromatic rings. The number of nitrogens with zero attached hydrogens (tertiary/aromatic N) is 1. The van der Waals surface area contributed by atoms with E-state index in [4.69, 9.17) is 4.74 Å². The third-order valence-electron chi connectivity index (χ3n) is 4.56. The second kappa shape index (κ2) is 8.67. The van der Waals surface area contributed by atoms with Crippen molar-refractivity contribution < 1.29 is 14.3 Å². The highest BCUT2D eigenvalue weighted by Gasteiger charge is 2.39.